The van der Waals surface area contributed by atoms with Crippen LogP contribution in [0.3, 0.4) is 0 Å². The zero-order valence-electron chi connectivity index (χ0n) is 14.0. The lowest BCUT2D eigenvalue weighted by atomic mass is 10.0. The number of nitrogens with zero attached hydrogens (tertiary/aromatic N) is 2. The summed E-state index contributed by atoms with van der Waals surface area (Å²) in [5.74, 6) is 1.08. The zero-order valence-corrected chi connectivity index (χ0v) is 14.0. The first-order valence-corrected chi connectivity index (χ1v) is 7.65. The van der Waals surface area contributed by atoms with Crippen molar-refractivity contribution in [3.63, 3.8) is 0 Å². The highest BCUT2D eigenvalue weighted by Crippen LogP contribution is 2.20. The van der Waals surface area contributed by atoms with Gasteiger partial charge in [0.25, 0.3) is 0 Å². The monoisotopic (exact) mass is 310 g/mol. The van der Waals surface area contributed by atoms with E-state index >= 15 is 0 Å². The molecule has 1 aliphatic rings. The quantitative estimate of drug-likeness (QED) is 0.889. The Morgan fingerprint density at radius 3 is 2.59 bits per heavy atom. The van der Waals surface area contributed by atoms with Crippen molar-refractivity contribution in [1.82, 2.24) is 15.4 Å². The smallest absolute Gasteiger partial charge is 0.320 e. The van der Waals surface area contributed by atoms with E-state index in [2.05, 4.69) is 48.4 Å². The first-order chi connectivity index (χ1) is 10.3. The van der Waals surface area contributed by atoms with Crippen LogP contribution in [0.15, 0.2) is 10.6 Å². The van der Waals surface area contributed by atoms with Gasteiger partial charge in [-0.1, -0.05) is 5.16 Å². The molecule has 2 rings (SSSR count). The minimum atomic E-state index is -0.282. The molecule has 124 valence electrons. The summed E-state index contributed by atoms with van der Waals surface area (Å²) in [5, 5.41) is 9.29. The van der Waals surface area contributed by atoms with Crippen LogP contribution in [-0.4, -0.2) is 53.5 Å². The van der Waals surface area contributed by atoms with E-state index < -0.39 is 0 Å². The Bertz CT molecular complexity index is 505. The van der Waals surface area contributed by atoms with Gasteiger partial charge in [-0.2, -0.15) is 0 Å². The molecule has 0 spiro atoms. The minimum Gasteiger partial charge on any atom is -0.373 e. The maximum Gasteiger partial charge on any atom is 0.320 e. The van der Waals surface area contributed by atoms with E-state index in [9.17, 15) is 4.79 Å². The third kappa shape index (κ3) is 4.45. The summed E-state index contributed by atoms with van der Waals surface area (Å²) in [6.07, 6.45) is 0.407. The lowest BCUT2D eigenvalue weighted by Gasteiger charge is -2.45. The van der Waals surface area contributed by atoms with E-state index in [1.165, 1.54) is 0 Å². The number of morpholine rings is 1. The van der Waals surface area contributed by atoms with Crippen molar-refractivity contribution in [1.29, 1.82) is 0 Å². The van der Waals surface area contributed by atoms with Gasteiger partial charge in [0.05, 0.1) is 12.2 Å². The Hall–Kier alpha value is -1.60. The van der Waals surface area contributed by atoms with Gasteiger partial charge in [0.1, 0.15) is 5.76 Å². The van der Waals surface area contributed by atoms with Gasteiger partial charge in [0, 0.05) is 31.2 Å². The Morgan fingerprint density at radius 1 is 1.41 bits per heavy atom. The van der Waals surface area contributed by atoms with Crippen molar-refractivity contribution < 1.29 is 14.1 Å². The molecule has 0 bridgehead atoms. The number of urea groups is 1. The third-order valence-corrected chi connectivity index (χ3v) is 3.83. The number of ether oxygens (including phenoxy) is 1. The maximum atomic E-state index is 11.9. The van der Waals surface area contributed by atoms with Gasteiger partial charge in [0.2, 0.25) is 0 Å². The van der Waals surface area contributed by atoms with Crippen molar-refractivity contribution in [2.75, 3.05) is 25.0 Å². The topological polar surface area (TPSA) is 79.6 Å². The predicted octanol–water partition coefficient (Wildman–Crippen LogP) is 1.99. The summed E-state index contributed by atoms with van der Waals surface area (Å²) >= 11 is 0. The van der Waals surface area contributed by atoms with E-state index in [1.807, 2.05) is 0 Å². The average Bonchev–Trinajstić information content (AvgIpc) is 2.81. The first kappa shape index (κ1) is 16.8. The second-order valence-electron chi connectivity index (χ2n) is 6.61. The molecular weight excluding hydrogens is 284 g/mol. The van der Waals surface area contributed by atoms with Gasteiger partial charge >= 0.3 is 6.03 Å². The lowest BCUT2D eigenvalue weighted by molar-refractivity contribution is -0.0947. The lowest BCUT2D eigenvalue weighted by Crippen LogP contribution is -2.59. The predicted molar refractivity (Wildman–Crippen MR) is 83.9 cm³/mol. The molecule has 0 aromatic carbocycles. The standard InChI is InChI=1S/C15H26N4O3/c1-10-6-13(18-22-10)17-14(20)16-9-15(4,5)19-7-11(2)21-12(3)8-19/h6,11-12H,7-9H2,1-5H3,(H2,16,17,18,20)/t11-,12-/m1/s1. The van der Waals surface area contributed by atoms with Gasteiger partial charge in [-0.3, -0.25) is 10.2 Å². The number of carbonyl (C=O) groups is 1. The van der Waals surface area contributed by atoms with Crippen molar-refractivity contribution in [2.24, 2.45) is 0 Å². The fourth-order valence-corrected chi connectivity index (χ4v) is 2.67. The van der Waals surface area contributed by atoms with Crippen molar-refractivity contribution >= 4 is 11.8 Å². The minimum absolute atomic E-state index is 0.149. The summed E-state index contributed by atoms with van der Waals surface area (Å²) in [7, 11) is 0. The molecule has 0 saturated carbocycles. The summed E-state index contributed by atoms with van der Waals surface area (Å²) < 4.78 is 10.7. The molecule has 0 aliphatic carbocycles. The van der Waals surface area contributed by atoms with Gasteiger partial charge < -0.3 is 14.6 Å². The molecule has 1 aromatic heterocycles. The zero-order chi connectivity index (χ0) is 16.3. The molecule has 22 heavy (non-hydrogen) atoms. The number of rotatable bonds is 4. The van der Waals surface area contributed by atoms with Crippen LogP contribution < -0.4 is 10.6 Å². The summed E-state index contributed by atoms with van der Waals surface area (Å²) in [5.41, 5.74) is -0.149. The molecule has 1 aromatic rings. The molecule has 2 amide bonds. The molecule has 2 atom stereocenters. The van der Waals surface area contributed by atoms with Crippen LogP contribution >= 0.6 is 0 Å². The van der Waals surface area contributed by atoms with E-state index in [0.717, 1.165) is 13.1 Å². The Kier molecular flexibility index (Phi) is 5.08. The number of aryl methyl sites for hydroxylation is 1. The average molecular weight is 310 g/mol. The normalized spacial score (nSPS) is 23.3. The van der Waals surface area contributed by atoms with E-state index in [0.29, 0.717) is 18.1 Å². The number of nitrogens with one attached hydrogen (secondary N) is 2. The van der Waals surface area contributed by atoms with Gasteiger partial charge in [0.15, 0.2) is 5.82 Å². The molecule has 7 nitrogen and oxygen atoms in total. The van der Waals surface area contributed by atoms with Crippen LogP contribution in [0.25, 0.3) is 0 Å². The van der Waals surface area contributed by atoms with E-state index in [-0.39, 0.29) is 23.8 Å². The van der Waals surface area contributed by atoms with Crippen LogP contribution in [-0.2, 0) is 4.74 Å². The van der Waals surface area contributed by atoms with Crippen LogP contribution in [0.4, 0.5) is 10.6 Å². The van der Waals surface area contributed by atoms with E-state index in [1.54, 1.807) is 13.0 Å². The van der Waals surface area contributed by atoms with Gasteiger partial charge in [-0.15, -0.1) is 0 Å². The summed E-state index contributed by atoms with van der Waals surface area (Å²) in [6, 6.07) is 1.39. The molecular formula is C15H26N4O3. The Morgan fingerprint density at radius 2 is 2.05 bits per heavy atom. The molecule has 1 aliphatic heterocycles. The number of amides is 2. The number of hydrogen-bond acceptors (Lipinski definition) is 5. The second-order valence-corrected chi connectivity index (χ2v) is 6.61. The maximum absolute atomic E-state index is 11.9. The Balaban J connectivity index is 1.84. The molecule has 2 N–H and O–H groups in total. The highest BCUT2D eigenvalue weighted by Gasteiger charge is 2.33. The molecule has 7 heteroatoms. The molecule has 1 fully saturated rings. The van der Waals surface area contributed by atoms with Crippen LogP contribution in [0.5, 0.6) is 0 Å². The van der Waals surface area contributed by atoms with Crippen LogP contribution in [0.2, 0.25) is 0 Å². The van der Waals surface area contributed by atoms with Gasteiger partial charge in [-0.25, -0.2) is 4.79 Å². The van der Waals surface area contributed by atoms with Crippen molar-refractivity contribution in [2.45, 2.75) is 52.4 Å². The van der Waals surface area contributed by atoms with Crippen LogP contribution in [0, 0.1) is 6.92 Å². The first-order valence-electron chi connectivity index (χ1n) is 7.65. The third-order valence-electron chi connectivity index (χ3n) is 3.83. The van der Waals surface area contributed by atoms with Gasteiger partial charge in [-0.05, 0) is 34.6 Å². The van der Waals surface area contributed by atoms with E-state index in [4.69, 9.17) is 9.26 Å². The largest absolute Gasteiger partial charge is 0.373 e. The fraction of sp³-hybridized carbons (Fsp3) is 0.733. The SMILES string of the molecule is Cc1cc(NC(=O)NCC(C)(C)N2C[C@@H](C)O[C@H](C)C2)no1. The highest BCUT2D eigenvalue weighted by molar-refractivity contribution is 5.88. The molecule has 1 saturated heterocycles. The molecule has 0 unspecified atom stereocenters. The van der Waals surface area contributed by atoms with Crippen molar-refractivity contribution in [3.05, 3.63) is 11.8 Å². The molecule has 0 radical (unpaired) electrons. The van der Waals surface area contributed by atoms with Crippen LogP contribution in [0.1, 0.15) is 33.5 Å². The fourth-order valence-electron chi connectivity index (χ4n) is 2.67. The summed E-state index contributed by atoms with van der Waals surface area (Å²) in [4.78, 5) is 14.3. The second kappa shape index (κ2) is 6.66. The van der Waals surface area contributed by atoms with Crippen molar-refractivity contribution in [3.8, 4) is 0 Å². The Labute approximate surface area is 131 Å². The molecule has 2 heterocycles. The number of aromatic nitrogens is 1. The number of hydrogen-bond donors (Lipinski definition) is 2. The summed E-state index contributed by atoms with van der Waals surface area (Å²) in [6.45, 7) is 12.4. The number of carbonyl (C=O) groups excluding carboxylic acids is 1. The highest BCUT2D eigenvalue weighted by atomic mass is 16.5. The number of anilines is 1.